The highest BCUT2D eigenvalue weighted by Gasteiger charge is 2.34. The van der Waals surface area contributed by atoms with E-state index >= 15 is 0 Å². The number of rotatable bonds is 3. The second kappa shape index (κ2) is 5.67. The smallest absolute Gasteiger partial charge is 0.171 e. The lowest BCUT2D eigenvalue weighted by atomic mass is 10.1. The van der Waals surface area contributed by atoms with Crippen LogP contribution >= 0.6 is 12.2 Å². The molecule has 1 aliphatic heterocycles. The Morgan fingerprint density at radius 2 is 2.11 bits per heavy atom. The second-order valence-electron chi connectivity index (χ2n) is 5.19. The van der Waals surface area contributed by atoms with Gasteiger partial charge >= 0.3 is 0 Å². The van der Waals surface area contributed by atoms with E-state index in [4.69, 9.17) is 17.0 Å². The first-order valence-corrected chi connectivity index (χ1v) is 6.67. The summed E-state index contributed by atoms with van der Waals surface area (Å²) in [5.74, 6) is 0. The first-order chi connectivity index (χ1) is 8.59. The minimum Gasteiger partial charge on any atom is -0.362 e. The highest BCUT2D eigenvalue weighted by Crippen LogP contribution is 2.21. The summed E-state index contributed by atoms with van der Waals surface area (Å²) in [5, 5.41) is 4.09. The van der Waals surface area contributed by atoms with Gasteiger partial charge in [0.25, 0.3) is 0 Å². The monoisotopic (exact) mass is 264 g/mol. The number of hydrogen-bond donors (Lipinski definition) is 1. The topological polar surface area (TPSA) is 24.5 Å². The number of ether oxygens (including phenoxy) is 1. The molecule has 0 aromatic heterocycles. The van der Waals surface area contributed by atoms with Gasteiger partial charge in [-0.25, -0.2) is 0 Å². The molecule has 1 aromatic rings. The van der Waals surface area contributed by atoms with Crippen molar-refractivity contribution in [2.75, 3.05) is 19.9 Å². The van der Waals surface area contributed by atoms with Crippen LogP contribution in [0.3, 0.4) is 0 Å². The Hall–Kier alpha value is -1.13. The first-order valence-electron chi connectivity index (χ1n) is 6.27. The standard InChI is InChI=1S/C14H20N2OS/c1-14(2)10-17-11-16(14)13(18)15-9-8-12-6-4-3-5-7-12/h3-7H,8-11H2,1-2H3,(H,15,18). The van der Waals surface area contributed by atoms with Gasteiger partial charge in [0, 0.05) is 6.54 Å². The summed E-state index contributed by atoms with van der Waals surface area (Å²) in [6.07, 6.45) is 0.982. The van der Waals surface area contributed by atoms with Gasteiger partial charge in [0.1, 0.15) is 6.73 Å². The number of nitrogens with one attached hydrogen (secondary N) is 1. The summed E-state index contributed by atoms with van der Waals surface area (Å²) >= 11 is 5.41. The largest absolute Gasteiger partial charge is 0.362 e. The van der Waals surface area contributed by atoms with Crippen LogP contribution in [0.1, 0.15) is 19.4 Å². The molecule has 0 amide bonds. The van der Waals surface area contributed by atoms with Crippen molar-refractivity contribution in [2.24, 2.45) is 0 Å². The molecule has 3 nitrogen and oxygen atoms in total. The van der Waals surface area contributed by atoms with Gasteiger partial charge in [0.15, 0.2) is 5.11 Å². The Balaban J connectivity index is 1.79. The molecule has 1 heterocycles. The van der Waals surface area contributed by atoms with Gasteiger partial charge in [0.05, 0.1) is 12.1 Å². The van der Waals surface area contributed by atoms with E-state index in [1.165, 1.54) is 5.56 Å². The van der Waals surface area contributed by atoms with Crippen molar-refractivity contribution in [1.29, 1.82) is 0 Å². The van der Waals surface area contributed by atoms with Crippen LogP contribution in [0.15, 0.2) is 30.3 Å². The zero-order valence-electron chi connectivity index (χ0n) is 11.0. The van der Waals surface area contributed by atoms with E-state index in [0.717, 1.165) is 24.7 Å². The molecular weight excluding hydrogens is 244 g/mol. The van der Waals surface area contributed by atoms with Crippen molar-refractivity contribution in [3.8, 4) is 0 Å². The van der Waals surface area contributed by atoms with Crippen molar-refractivity contribution in [1.82, 2.24) is 10.2 Å². The quantitative estimate of drug-likeness (QED) is 0.846. The summed E-state index contributed by atoms with van der Waals surface area (Å²) in [6.45, 7) is 6.46. The van der Waals surface area contributed by atoms with Gasteiger partial charge in [-0.1, -0.05) is 30.3 Å². The molecule has 1 N–H and O–H groups in total. The van der Waals surface area contributed by atoms with Gasteiger partial charge in [-0.15, -0.1) is 0 Å². The predicted molar refractivity (Wildman–Crippen MR) is 77.5 cm³/mol. The lowest BCUT2D eigenvalue weighted by Gasteiger charge is -2.31. The normalized spacial score (nSPS) is 17.8. The predicted octanol–water partition coefficient (Wildman–Crippen LogP) is 2.17. The molecule has 1 saturated heterocycles. The van der Waals surface area contributed by atoms with Crippen LogP contribution in [0.5, 0.6) is 0 Å². The summed E-state index contributed by atoms with van der Waals surface area (Å²) in [4.78, 5) is 2.10. The van der Waals surface area contributed by atoms with E-state index in [2.05, 4.69) is 48.3 Å². The first kappa shape index (κ1) is 13.3. The SMILES string of the molecule is CC1(C)COCN1C(=S)NCCc1ccccc1. The summed E-state index contributed by atoms with van der Waals surface area (Å²) in [7, 11) is 0. The van der Waals surface area contributed by atoms with Gasteiger partial charge in [-0.3, -0.25) is 0 Å². The molecule has 1 aromatic carbocycles. The molecule has 0 atom stereocenters. The molecule has 0 unspecified atom stereocenters. The van der Waals surface area contributed by atoms with E-state index in [-0.39, 0.29) is 5.54 Å². The molecule has 18 heavy (non-hydrogen) atoms. The maximum absolute atomic E-state index is 5.46. The maximum atomic E-state index is 5.46. The van der Waals surface area contributed by atoms with Crippen molar-refractivity contribution >= 4 is 17.3 Å². The van der Waals surface area contributed by atoms with Gasteiger partial charge in [0.2, 0.25) is 0 Å². The third-order valence-electron chi connectivity index (χ3n) is 3.18. The fourth-order valence-electron chi connectivity index (χ4n) is 2.03. The van der Waals surface area contributed by atoms with E-state index < -0.39 is 0 Å². The van der Waals surface area contributed by atoms with Crippen LogP contribution in [0.4, 0.5) is 0 Å². The lowest BCUT2D eigenvalue weighted by molar-refractivity contribution is 0.168. The summed E-state index contributed by atoms with van der Waals surface area (Å²) in [6, 6.07) is 10.4. The average molecular weight is 264 g/mol. The van der Waals surface area contributed by atoms with Crippen LogP contribution in [-0.2, 0) is 11.2 Å². The molecule has 98 valence electrons. The minimum atomic E-state index is -0.00314. The van der Waals surface area contributed by atoms with Crippen LogP contribution in [0.2, 0.25) is 0 Å². The molecule has 1 aliphatic rings. The molecule has 0 radical (unpaired) electrons. The fourth-order valence-corrected chi connectivity index (χ4v) is 2.43. The number of hydrogen-bond acceptors (Lipinski definition) is 2. The molecule has 2 rings (SSSR count). The molecule has 0 bridgehead atoms. The number of benzene rings is 1. The number of nitrogens with zero attached hydrogens (tertiary/aromatic N) is 1. The lowest BCUT2D eigenvalue weighted by Crippen LogP contribution is -2.49. The molecule has 0 aliphatic carbocycles. The molecular formula is C14H20N2OS. The zero-order valence-corrected chi connectivity index (χ0v) is 11.8. The zero-order chi connectivity index (χ0) is 13.0. The second-order valence-corrected chi connectivity index (χ2v) is 5.57. The Kier molecular flexibility index (Phi) is 4.19. The van der Waals surface area contributed by atoms with Crippen molar-refractivity contribution in [3.05, 3.63) is 35.9 Å². The van der Waals surface area contributed by atoms with Gasteiger partial charge in [-0.2, -0.15) is 0 Å². The maximum Gasteiger partial charge on any atom is 0.171 e. The minimum absolute atomic E-state index is 0.00314. The Labute approximate surface area is 114 Å². The van der Waals surface area contributed by atoms with Gasteiger partial charge in [-0.05, 0) is 38.0 Å². The Bertz CT molecular complexity index is 406. The van der Waals surface area contributed by atoms with E-state index in [9.17, 15) is 0 Å². The van der Waals surface area contributed by atoms with Crippen LogP contribution in [-0.4, -0.2) is 35.4 Å². The van der Waals surface area contributed by atoms with Crippen LogP contribution in [0.25, 0.3) is 0 Å². The molecule has 0 saturated carbocycles. The van der Waals surface area contributed by atoms with E-state index in [1.54, 1.807) is 0 Å². The molecule has 1 fully saturated rings. The number of thiocarbonyl (C=S) groups is 1. The Morgan fingerprint density at radius 3 is 2.72 bits per heavy atom. The molecule has 0 spiro atoms. The summed E-state index contributed by atoms with van der Waals surface area (Å²) in [5.41, 5.74) is 1.32. The van der Waals surface area contributed by atoms with Crippen molar-refractivity contribution in [2.45, 2.75) is 25.8 Å². The third-order valence-corrected chi connectivity index (χ3v) is 3.55. The fraction of sp³-hybridized carbons (Fsp3) is 0.500. The third kappa shape index (κ3) is 3.21. The Morgan fingerprint density at radius 1 is 1.39 bits per heavy atom. The highest BCUT2D eigenvalue weighted by molar-refractivity contribution is 7.80. The van der Waals surface area contributed by atoms with Gasteiger partial charge < -0.3 is 15.0 Å². The van der Waals surface area contributed by atoms with Crippen LogP contribution in [0, 0.1) is 0 Å². The van der Waals surface area contributed by atoms with Crippen LogP contribution < -0.4 is 5.32 Å². The van der Waals surface area contributed by atoms with Crippen molar-refractivity contribution < 1.29 is 4.74 Å². The highest BCUT2D eigenvalue weighted by atomic mass is 32.1. The summed E-state index contributed by atoms with van der Waals surface area (Å²) < 4.78 is 5.46. The average Bonchev–Trinajstić information content (AvgIpc) is 2.70. The van der Waals surface area contributed by atoms with E-state index in [1.807, 2.05) is 6.07 Å². The molecule has 4 heteroatoms. The van der Waals surface area contributed by atoms with E-state index in [0.29, 0.717) is 6.73 Å². The van der Waals surface area contributed by atoms with Crippen molar-refractivity contribution in [3.63, 3.8) is 0 Å².